The first-order chi connectivity index (χ1) is 13.0. The Balaban J connectivity index is 2.03. The number of hydrogen-bond donors (Lipinski definition) is 2. The van der Waals surface area contributed by atoms with Crippen molar-refractivity contribution in [3.8, 4) is 0 Å². The highest BCUT2D eigenvalue weighted by molar-refractivity contribution is 5.97. The van der Waals surface area contributed by atoms with Crippen molar-refractivity contribution in [2.75, 3.05) is 19.8 Å². The number of furan rings is 1. The molecule has 27 heavy (non-hydrogen) atoms. The van der Waals surface area contributed by atoms with Crippen LogP contribution in [0.3, 0.4) is 0 Å². The molecule has 2 rings (SSSR count). The molecule has 0 aliphatic heterocycles. The number of likely N-dealkylation sites (N-methyl/N-ethyl adjacent to an activating group) is 1. The number of nitrogens with one attached hydrogen (secondary N) is 2. The second-order valence-corrected chi connectivity index (χ2v) is 5.80. The van der Waals surface area contributed by atoms with Crippen molar-refractivity contribution in [2.24, 2.45) is 0 Å². The predicted octanol–water partition coefficient (Wildman–Crippen LogP) is 1.77. The maximum atomic E-state index is 12.4. The van der Waals surface area contributed by atoms with E-state index in [1.54, 1.807) is 26.0 Å². The van der Waals surface area contributed by atoms with Crippen LogP contribution in [0.1, 0.15) is 36.9 Å². The zero-order valence-electron chi connectivity index (χ0n) is 15.7. The van der Waals surface area contributed by atoms with E-state index < -0.39 is 24.5 Å². The summed E-state index contributed by atoms with van der Waals surface area (Å²) in [6.45, 7) is 5.79. The molecule has 0 spiro atoms. The molecule has 146 valence electrons. The van der Waals surface area contributed by atoms with Crippen molar-refractivity contribution in [1.82, 2.24) is 10.6 Å². The lowest BCUT2D eigenvalue weighted by Crippen LogP contribution is -2.46. The lowest BCUT2D eigenvalue weighted by Gasteiger charge is -2.13. The lowest BCUT2D eigenvalue weighted by atomic mass is 10.1. The number of carbonyl (C=O) groups is 3. The number of rotatable bonds is 9. The van der Waals surface area contributed by atoms with E-state index in [1.165, 1.54) is 0 Å². The topological polar surface area (TPSA) is 107 Å². The van der Waals surface area contributed by atoms with Crippen molar-refractivity contribution in [1.29, 1.82) is 0 Å². The van der Waals surface area contributed by atoms with E-state index in [0.717, 1.165) is 5.39 Å². The number of esters is 1. The zero-order valence-corrected chi connectivity index (χ0v) is 15.7. The Labute approximate surface area is 157 Å². The molecule has 1 aromatic heterocycles. The monoisotopic (exact) mass is 376 g/mol. The first-order valence-electron chi connectivity index (χ1n) is 8.80. The standard InChI is InChI=1S/C19H24N2O6/c1-4-20-18(23)12(3)21-16(22)11-26-19(24)17-14(10-25-5-2)13-8-6-7-9-15(13)27-17/h6-9,12H,4-5,10-11H2,1-3H3,(H,20,23)(H,21,22)/t12-/m1/s1. The third-order valence-corrected chi connectivity index (χ3v) is 3.79. The fourth-order valence-electron chi connectivity index (χ4n) is 2.48. The highest BCUT2D eigenvalue weighted by Gasteiger charge is 2.23. The van der Waals surface area contributed by atoms with E-state index in [2.05, 4.69) is 10.6 Å². The molecule has 0 saturated carbocycles. The van der Waals surface area contributed by atoms with Gasteiger partial charge in [-0.1, -0.05) is 18.2 Å². The highest BCUT2D eigenvalue weighted by Crippen LogP contribution is 2.27. The van der Waals surface area contributed by atoms with Gasteiger partial charge in [0.2, 0.25) is 11.7 Å². The fraction of sp³-hybridized carbons (Fsp3) is 0.421. The Kier molecular flexibility index (Phi) is 7.36. The molecule has 0 unspecified atom stereocenters. The van der Waals surface area contributed by atoms with Crippen LogP contribution in [0.4, 0.5) is 0 Å². The summed E-state index contributed by atoms with van der Waals surface area (Å²) in [4.78, 5) is 35.9. The Bertz CT molecular complexity index is 814. The summed E-state index contributed by atoms with van der Waals surface area (Å²) in [7, 11) is 0. The van der Waals surface area contributed by atoms with Crippen LogP contribution < -0.4 is 10.6 Å². The summed E-state index contributed by atoms with van der Waals surface area (Å²) >= 11 is 0. The van der Waals surface area contributed by atoms with Gasteiger partial charge < -0.3 is 24.5 Å². The van der Waals surface area contributed by atoms with Crippen LogP contribution in [0.15, 0.2) is 28.7 Å². The van der Waals surface area contributed by atoms with Gasteiger partial charge in [0.25, 0.3) is 5.91 Å². The SMILES string of the molecule is CCNC(=O)[C@@H](C)NC(=O)COC(=O)c1oc2ccccc2c1COCC. The van der Waals surface area contributed by atoms with E-state index in [-0.39, 0.29) is 18.3 Å². The minimum atomic E-state index is -0.762. The van der Waals surface area contributed by atoms with Gasteiger partial charge in [0.05, 0.1) is 6.61 Å². The van der Waals surface area contributed by atoms with Crippen molar-refractivity contribution < 1.29 is 28.3 Å². The van der Waals surface area contributed by atoms with Gasteiger partial charge in [0, 0.05) is 24.1 Å². The van der Waals surface area contributed by atoms with Crippen LogP contribution in [0.5, 0.6) is 0 Å². The summed E-state index contributed by atoms with van der Waals surface area (Å²) in [5.41, 5.74) is 1.11. The van der Waals surface area contributed by atoms with Gasteiger partial charge >= 0.3 is 5.97 Å². The largest absolute Gasteiger partial charge is 0.450 e. The van der Waals surface area contributed by atoms with E-state index >= 15 is 0 Å². The van der Waals surface area contributed by atoms with E-state index in [9.17, 15) is 14.4 Å². The number of amides is 2. The Hall–Kier alpha value is -2.87. The molecule has 1 atom stereocenters. The Morgan fingerprint density at radius 1 is 1.19 bits per heavy atom. The molecular weight excluding hydrogens is 352 g/mol. The fourth-order valence-corrected chi connectivity index (χ4v) is 2.48. The van der Waals surface area contributed by atoms with Crippen molar-refractivity contribution in [2.45, 2.75) is 33.4 Å². The minimum absolute atomic E-state index is 0.00854. The molecule has 8 nitrogen and oxygen atoms in total. The van der Waals surface area contributed by atoms with Gasteiger partial charge in [0.15, 0.2) is 6.61 Å². The van der Waals surface area contributed by atoms with Crippen LogP contribution in [0.2, 0.25) is 0 Å². The average Bonchev–Trinajstić information content (AvgIpc) is 3.03. The van der Waals surface area contributed by atoms with Crippen LogP contribution in [-0.2, 0) is 25.7 Å². The van der Waals surface area contributed by atoms with E-state index in [0.29, 0.717) is 24.3 Å². The smallest absolute Gasteiger partial charge is 0.375 e. The van der Waals surface area contributed by atoms with E-state index in [4.69, 9.17) is 13.9 Å². The molecule has 0 aliphatic carbocycles. The number of benzene rings is 1. The van der Waals surface area contributed by atoms with Crippen LogP contribution in [-0.4, -0.2) is 43.6 Å². The number of fused-ring (bicyclic) bond motifs is 1. The third-order valence-electron chi connectivity index (χ3n) is 3.79. The number of carbonyl (C=O) groups excluding carboxylic acids is 3. The molecule has 1 aromatic carbocycles. The van der Waals surface area contributed by atoms with Gasteiger partial charge in [-0.25, -0.2) is 4.79 Å². The molecular formula is C19H24N2O6. The predicted molar refractivity (Wildman–Crippen MR) is 98.1 cm³/mol. The summed E-state index contributed by atoms with van der Waals surface area (Å²) in [6.07, 6.45) is 0. The molecule has 2 N–H and O–H groups in total. The average molecular weight is 376 g/mol. The summed E-state index contributed by atoms with van der Waals surface area (Å²) in [5.74, 6) is -1.64. The number of ether oxygens (including phenoxy) is 2. The zero-order chi connectivity index (χ0) is 19.8. The Morgan fingerprint density at radius 3 is 2.63 bits per heavy atom. The van der Waals surface area contributed by atoms with Crippen LogP contribution in [0, 0.1) is 0 Å². The highest BCUT2D eigenvalue weighted by atomic mass is 16.5. The molecule has 0 radical (unpaired) electrons. The van der Waals surface area contributed by atoms with Gasteiger partial charge in [-0.2, -0.15) is 0 Å². The molecule has 0 bridgehead atoms. The lowest BCUT2D eigenvalue weighted by molar-refractivity contribution is -0.130. The summed E-state index contributed by atoms with van der Waals surface area (Å²) in [6, 6.07) is 6.46. The second kappa shape index (κ2) is 9.72. The van der Waals surface area contributed by atoms with Crippen molar-refractivity contribution in [3.05, 3.63) is 35.6 Å². The normalized spacial score (nSPS) is 11.8. The molecule has 0 saturated heterocycles. The molecule has 0 aliphatic rings. The van der Waals surface area contributed by atoms with Gasteiger partial charge in [0.1, 0.15) is 11.6 Å². The maximum Gasteiger partial charge on any atom is 0.375 e. The first-order valence-corrected chi connectivity index (χ1v) is 8.80. The van der Waals surface area contributed by atoms with Gasteiger partial charge in [-0.3, -0.25) is 9.59 Å². The first kappa shape index (κ1) is 20.4. The molecule has 2 aromatic rings. The summed E-state index contributed by atoms with van der Waals surface area (Å²) < 4.78 is 16.1. The number of hydrogen-bond acceptors (Lipinski definition) is 6. The summed E-state index contributed by atoms with van der Waals surface area (Å²) in [5, 5.41) is 5.81. The van der Waals surface area contributed by atoms with Crippen LogP contribution in [0.25, 0.3) is 11.0 Å². The molecule has 2 amide bonds. The quantitative estimate of drug-likeness (QED) is 0.646. The Morgan fingerprint density at radius 2 is 1.93 bits per heavy atom. The second-order valence-electron chi connectivity index (χ2n) is 5.80. The van der Waals surface area contributed by atoms with Crippen molar-refractivity contribution in [3.63, 3.8) is 0 Å². The van der Waals surface area contributed by atoms with E-state index in [1.807, 2.05) is 19.1 Å². The third kappa shape index (κ3) is 5.30. The molecule has 8 heteroatoms. The van der Waals surface area contributed by atoms with Gasteiger partial charge in [-0.05, 0) is 26.8 Å². The van der Waals surface area contributed by atoms with Crippen LogP contribution >= 0.6 is 0 Å². The minimum Gasteiger partial charge on any atom is -0.450 e. The maximum absolute atomic E-state index is 12.4. The molecule has 0 fully saturated rings. The number of para-hydroxylation sites is 1. The van der Waals surface area contributed by atoms with Gasteiger partial charge in [-0.15, -0.1) is 0 Å². The van der Waals surface area contributed by atoms with Crippen molar-refractivity contribution >= 4 is 28.8 Å². The molecule has 1 heterocycles.